The molecule has 0 atom stereocenters. The van der Waals surface area contributed by atoms with Gasteiger partial charge >= 0.3 is 0 Å². The molecule has 0 amide bonds. The summed E-state index contributed by atoms with van der Waals surface area (Å²) in [4.78, 5) is 14.3. The molecule has 0 unspecified atom stereocenters. The molecule has 0 aliphatic heterocycles. The first-order valence-electron chi connectivity index (χ1n) is 13.6. The number of benzene rings is 4. The summed E-state index contributed by atoms with van der Waals surface area (Å²) in [6, 6.07) is 32.3. The summed E-state index contributed by atoms with van der Waals surface area (Å²) in [5.74, 6) is 0. The van der Waals surface area contributed by atoms with E-state index >= 15 is 0 Å². The number of para-hydroxylation sites is 1. The molecule has 1 aliphatic carbocycles. The van der Waals surface area contributed by atoms with Crippen LogP contribution < -0.4 is 0 Å². The van der Waals surface area contributed by atoms with Crippen LogP contribution in [0, 0.1) is 0 Å². The van der Waals surface area contributed by atoms with Crippen molar-refractivity contribution >= 4 is 60.5 Å². The van der Waals surface area contributed by atoms with Gasteiger partial charge in [0.1, 0.15) is 0 Å². The summed E-state index contributed by atoms with van der Waals surface area (Å²) in [6.45, 7) is 0. The molecule has 4 aromatic heterocycles. The molecule has 8 aromatic rings. The third kappa shape index (κ3) is 2.99. The number of pyridine rings is 3. The van der Waals surface area contributed by atoms with Crippen molar-refractivity contribution in [2.24, 2.45) is 0 Å². The van der Waals surface area contributed by atoms with Gasteiger partial charge in [0.25, 0.3) is 0 Å². The number of allylic oxidation sites excluding steroid dienone is 1. The topological polar surface area (TPSA) is 43.6 Å². The van der Waals surface area contributed by atoms with Crippen LogP contribution in [0.4, 0.5) is 0 Å². The molecule has 4 aromatic carbocycles. The lowest BCUT2D eigenvalue weighted by atomic mass is 9.90. The number of nitrogens with zero attached hydrogens (tertiary/aromatic N) is 4. The third-order valence-electron chi connectivity index (χ3n) is 8.28. The van der Waals surface area contributed by atoms with Gasteiger partial charge in [0.2, 0.25) is 0 Å². The summed E-state index contributed by atoms with van der Waals surface area (Å²) in [5.41, 5.74) is 9.91. The summed E-state index contributed by atoms with van der Waals surface area (Å²) in [5, 5.41) is 7.43. The van der Waals surface area contributed by atoms with Crippen LogP contribution >= 0.6 is 0 Å². The Labute approximate surface area is 229 Å². The van der Waals surface area contributed by atoms with Gasteiger partial charge in [0, 0.05) is 39.5 Å². The number of aromatic nitrogens is 4. The van der Waals surface area contributed by atoms with Crippen molar-refractivity contribution in [1.82, 2.24) is 19.5 Å². The van der Waals surface area contributed by atoms with Crippen molar-refractivity contribution in [3.8, 4) is 16.9 Å². The highest BCUT2D eigenvalue weighted by Gasteiger charge is 2.20. The summed E-state index contributed by atoms with van der Waals surface area (Å²) in [7, 11) is 0. The Morgan fingerprint density at radius 1 is 0.625 bits per heavy atom. The van der Waals surface area contributed by atoms with Gasteiger partial charge in [-0.2, -0.15) is 0 Å². The fourth-order valence-corrected chi connectivity index (χ4v) is 6.53. The smallest absolute Gasteiger partial charge is 0.0965 e. The van der Waals surface area contributed by atoms with Crippen molar-refractivity contribution < 1.29 is 0 Å². The van der Waals surface area contributed by atoms with Crippen LogP contribution in [0.25, 0.3) is 77.4 Å². The van der Waals surface area contributed by atoms with Gasteiger partial charge in [-0.1, -0.05) is 66.7 Å². The molecule has 0 saturated carbocycles. The zero-order chi connectivity index (χ0) is 26.2. The van der Waals surface area contributed by atoms with Crippen molar-refractivity contribution in [1.29, 1.82) is 0 Å². The molecule has 0 bridgehead atoms. The maximum absolute atomic E-state index is 4.93. The SMILES string of the molecule is C1=Cc2cccc3cc4c(c(c23)C1)c1ccccc1n4-c1ccc(-c2cnc3c(ccc4cccnc43)c2)nc1. The maximum Gasteiger partial charge on any atom is 0.0965 e. The Bertz CT molecular complexity index is 2340. The van der Waals surface area contributed by atoms with Crippen LogP contribution in [0.5, 0.6) is 0 Å². The second kappa shape index (κ2) is 8.08. The Morgan fingerprint density at radius 3 is 2.48 bits per heavy atom. The average molecular weight is 511 g/mol. The largest absolute Gasteiger partial charge is 0.308 e. The highest BCUT2D eigenvalue weighted by Crippen LogP contribution is 2.41. The Morgan fingerprint density at radius 2 is 1.52 bits per heavy atom. The molecule has 1 aliphatic rings. The molecule has 4 heteroatoms. The van der Waals surface area contributed by atoms with Crippen LogP contribution in [0.3, 0.4) is 0 Å². The first-order valence-corrected chi connectivity index (χ1v) is 13.6. The predicted molar refractivity (Wildman–Crippen MR) is 165 cm³/mol. The molecular formula is C36H22N4. The molecule has 0 N–H and O–H groups in total. The van der Waals surface area contributed by atoms with Gasteiger partial charge < -0.3 is 4.57 Å². The minimum Gasteiger partial charge on any atom is -0.308 e. The van der Waals surface area contributed by atoms with E-state index < -0.39 is 0 Å². The standard InChI is InChI=1S/C36H22N4/c1-2-12-31-28(10-1)34-29-11-4-7-22-6-3-8-24(33(22)29)19-32(34)40(31)27-15-16-30(38-21-27)26-18-25-14-13-23-9-5-17-37-35(23)36(25)39-20-26/h1-10,12-21H,11H2. The number of hydrogen-bond acceptors (Lipinski definition) is 3. The van der Waals surface area contributed by atoms with Gasteiger partial charge in [0.15, 0.2) is 0 Å². The van der Waals surface area contributed by atoms with Crippen molar-refractivity contribution in [2.75, 3.05) is 0 Å². The normalized spacial score (nSPS) is 12.8. The second-order valence-electron chi connectivity index (χ2n) is 10.5. The van der Waals surface area contributed by atoms with Gasteiger partial charge in [-0.05, 0) is 64.7 Å². The van der Waals surface area contributed by atoms with E-state index in [2.05, 4.69) is 107 Å². The molecule has 9 rings (SSSR count). The Kier molecular flexibility index (Phi) is 4.35. The van der Waals surface area contributed by atoms with Crippen LogP contribution in [-0.4, -0.2) is 19.5 Å². The van der Waals surface area contributed by atoms with E-state index in [0.29, 0.717) is 0 Å². The first-order chi connectivity index (χ1) is 19.8. The lowest BCUT2D eigenvalue weighted by molar-refractivity contribution is 1.14. The number of rotatable bonds is 2. The first kappa shape index (κ1) is 21.6. The zero-order valence-electron chi connectivity index (χ0n) is 21.5. The maximum atomic E-state index is 4.93. The number of hydrogen-bond donors (Lipinski definition) is 0. The van der Waals surface area contributed by atoms with Crippen LogP contribution in [-0.2, 0) is 6.42 Å². The molecule has 4 nitrogen and oxygen atoms in total. The second-order valence-corrected chi connectivity index (χ2v) is 10.5. The van der Waals surface area contributed by atoms with Crippen molar-refractivity contribution in [3.63, 3.8) is 0 Å². The third-order valence-corrected chi connectivity index (χ3v) is 8.28. The van der Waals surface area contributed by atoms with E-state index in [1.54, 1.807) is 0 Å². The Hall–Kier alpha value is -5.35. The summed E-state index contributed by atoms with van der Waals surface area (Å²) < 4.78 is 2.36. The quantitative estimate of drug-likeness (QED) is 0.219. The van der Waals surface area contributed by atoms with Crippen LogP contribution in [0.2, 0.25) is 0 Å². The van der Waals surface area contributed by atoms with Gasteiger partial charge in [-0.25, -0.2) is 0 Å². The van der Waals surface area contributed by atoms with Gasteiger partial charge in [-0.15, -0.1) is 0 Å². The Balaban J connectivity index is 1.22. The van der Waals surface area contributed by atoms with Gasteiger partial charge in [-0.3, -0.25) is 15.0 Å². The minimum atomic E-state index is 0.898. The van der Waals surface area contributed by atoms with Crippen LogP contribution in [0.15, 0.2) is 116 Å². The number of fused-ring (bicyclic) bond motifs is 7. The molecule has 40 heavy (non-hydrogen) atoms. The molecule has 0 saturated heterocycles. The lowest BCUT2D eigenvalue weighted by Gasteiger charge is -2.15. The van der Waals surface area contributed by atoms with E-state index in [0.717, 1.165) is 45.2 Å². The van der Waals surface area contributed by atoms with Crippen LogP contribution in [0.1, 0.15) is 11.1 Å². The molecule has 186 valence electrons. The highest BCUT2D eigenvalue weighted by atomic mass is 15.0. The van der Waals surface area contributed by atoms with E-state index in [1.807, 2.05) is 24.7 Å². The molecule has 4 heterocycles. The fraction of sp³-hybridized carbons (Fsp3) is 0.0278. The molecular weight excluding hydrogens is 488 g/mol. The fourth-order valence-electron chi connectivity index (χ4n) is 6.53. The van der Waals surface area contributed by atoms with Crippen molar-refractivity contribution in [3.05, 3.63) is 127 Å². The predicted octanol–water partition coefficient (Wildman–Crippen LogP) is 8.66. The van der Waals surface area contributed by atoms with E-state index in [4.69, 9.17) is 9.97 Å². The van der Waals surface area contributed by atoms with Crippen molar-refractivity contribution in [2.45, 2.75) is 6.42 Å². The van der Waals surface area contributed by atoms with E-state index in [-0.39, 0.29) is 0 Å². The molecule has 0 radical (unpaired) electrons. The zero-order valence-corrected chi connectivity index (χ0v) is 21.5. The summed E-state index contributed by atoms with van der Waals surface area (Å²) >= 11 is 0. The average Bonchev–Trinajstić information content (AvgIpc) is 3.35. The lowest BCUT2D eigenvalue weighted by Crippen LogP contribution is -1.98. The molecule has 0 spiro atoms. The van der Waals surface area contributed by atoms with Gasteiger partial charge in [0.05, 0.1) is 39.6 Å². The molecule has 0 fully saturated rings. The van der Waals surface area contributed by atoms with E-state index in [9.17, 15) is 0 Å². The summed E-state index contributed by atoms with van der Waals surface area (Å²) in [6.07, 6.45) is 11.2. The highest BCUT2D eigenvalue weighted by molar-refractivity contribution is 6.17. The van der Waals surface area contributed by atoms with E-state index in [1.165, 1.54) is 43.7 Å². The monoisotopic (exact) mass is 510 g/mol. The minimum absolute atomic E-state index is 0.898.